The summed E-state index contributed by atoms with van der Waals surface area (Å²) >= 11 is 0. The number of rotatable bonds is 20. The Labute approximate surface area is 435 Å². The lowest BCUT2D eigenvalue weighted by Gasteiger charge is -2.49. The summed E-state index contributed by atoms with van der Waals surface area (Å²) in [5.74, 6) is -2.16. The molecule has 416 valence electrons. The summed E-state index contributed by atoms with van der Waals surface area (Å²) in [6, 6.07) is 15.3. The average Bonchev–Trinajstić information content (AvgIpc) is 3.41. The fourth-order valence-electron chi connectivity index (χ4n) is 11.2. The number of aliphatic hydroxyl groups is 8. The Bertz CT molecular complexity index is 2210. The van der Waals surface area contributed by atoms with Gasteiger partial charge in [-0.1, -0.05) is 88.4 Å². The van der Waals surface area contributed by atoms with E-state index in [2.05, 4.69) is 6.58 Å². The van der Waals surface area contributed by atoms with Crippen molar-refractivity contribution >= 4 is 18.0 Å². The molecule has 0 radical (unpaired) electrons. The van der Waals surface area contributed by atoms with Crippen molar-refractivity contribution in [2.24, 2.45) is 17.8 Å². The second-order valence-corrected chi connectivity index (χ2v) is 20.6. The van der Waals surface area contributed by atoms with Crippen molar-refractivity contribution in [3.8, 4) is 5.75 Å². The molecule has 75 heavy (non-hydrogen) atoms. The van der Waals surface area contributed by atoms with Gasteiger partial charge in [0.25, 0.3) is 0 Å². The molecule has 0 bridgehead atoms. The summed E-state index contributed by atoms with van der Waals surface area (Å²) in [5, 5.41) is 98.7. The summed E-state index contributed by atoms with van der Waals surface area (Å²) in [7, 11) is 0. The zero-order chi connectivity index (χ0) is 53.5. The molecule has 0 aromatic heterocycles. The molecular weight excluding hydrogens is 985 g/mol. The SMILES string of the molecule is C=C1Oc2ccccc2C=C1COC1C(O)[C@@H](OCC2CC(CC)[C@@H](O[C@@H]3OC(C)[C@@H](O)[C@H](O)C3O)[C@H](O[C@@H]3O[C@@H](CO)[C@H](O)C(O[C@@H](CC4CCCCC4)C(=O)O)C3OC(=O)c3ccccc3)C2)OC(CO)[C@H]1O. The van der Waals surface area contributed by atoms with Crippen molar-refractivity contribution in [3.05, 3.63) is 83.6 Å². The van der Waals surface area contributed by atoms with Crippen LogP contribution in [0, 0.1) is 17.8 Å². The van der Waals surface area contributed by atoms with Gasteiger partial charge in [0.2, 0.25) is 0 Å². The minimum Gasteiger partial charge on any atom is -0.479 e. The van der Waals surface area contributed by atoms with E-state index < -0.39 is 147 Å². The number of carbonyl (C=O) groups is 2. The van der Waals surface area contributed by atoms with Gasteiger partial charge < -0.3 is 93.3 Å². The van der Waals surface area contributed by atoms with E-state index in [4.69, 9.17) is 47.4 Å². The Morgan fingerprint density at radius 1 is 0.707 bits per heavy atom. The molecule has 8 rings (SSSR count). The highest BCUT2D eigenvalue weighted by Gasteiger charge is 2.54. The molecule has 2 saturated carbocycles. The number of para-hydroxylation sites is 1. The molecule has 2 aromatic rings. The minimum atomic E-state index is -1.72. The van der Waals surface area contributed by atoms with E-state index in [0.717, 1.165) is 37.7 Å². The van der Waals surface area contributed by atoms with Crippen molar-refractivity contribution < 1.29 is 103 Å². The maximum Gasteiger partial charge on any atom is 0.338 e. The second-order valence-electron chi connectivity index (χ2n) is 20.6. The first-order chi connectivity index (χ1) is 36.1. The molecule has 9 unspecified atom stereocenters. The second kappa shape index (κ2) is 26.1. The van der Waals surface area contributed by atoms with Gasteiger partial charge in [0.05, 0.1) is 50.3 Å². The van der Waals surface area contributed by atoms with Crippen molar-refractivity contribution in [1.82, 2.24) is 0 Å². The number of ether oxygens (including phenoxy) is 10. The van der Waals surface area contributed by atoms with Crippen LogP contribution in [0.4, 0.5) is 0 Å². The molecule has 3 saturated heterocycles. The van der Waals surface area contributed by atoms with Gasteiger partial charge in [-0.25, -0.2) is 9.59 Å². The Balaban J connectivity index is 1.06. The summed E-state index contributed by atoms with van der Waals surface area (Å²) in [6.45, 7) is 5.69. The number of aliphatic carboxylic acids is 1. The van der Waals surface area contributed by atoms with E-state index in [9.17, 15) is 55.5 Å². The summed E-state index contributed by atoms with van der Waals surface area (Å²) in [5.41, 5.74) is 1.44. The third kappa shape index (κ3) is 13.5. The Kier molecular flexibility index (Phi) is 19.9. The molecule has 21 nitrogen and oxygen atoms in total. The number of carboxylic acids is 1. The van der Waals surface area contributed by atoms with E-state index in [1.807, 2.05) is 31.2 Å². The number of hydrogen-bond donors (Lipinski definition) is 9. The number of benzene rings is 2. The third-order valence-electron chi connectivity index (χ3n) is 15.5. The van der Waals surface area contributed by atoms with Gasteiger partial charge in [-0.3, -0.25) is 0 Å². The van der Waals surface area contributed by atoms with E-state index in [1.54, 1.807) is 24.3 Å². The monoisotopic (exact) mass is 1060 g/mol. The fraction of sp³-hybridized carbons (Fsp3) is 0.667. The Morgan fingerprint density at radius 3 is 2.08 bits per heavy atom. The molecule has 0 spiro atoms. The van der Waals surface area contributed by atoms with Crippen LogP contribution in [0.15, 0.2) is 72.5 Å². The number of fused-ring (bicyclic) bond motifs is 1. The molecule has 20 atom stereocenters. The van der Waals surface area contributed by atoms with Crippen LogP contribution in [-0.4, -0.2) is 195 Å². The first-order valence-corrected chi connectivity index (χ1v) is 26.2. The molecular formula is C54H74O21. The summed E-state index contributed by atoms with van der Waals surface area (Å²) in [6.07, 6.45) is -18.8. The standard InChI is InChI=1S/C54H74O21/c1-4-31-19-30(25-67-52-45(62)47(41(58)38(23-55)72-52)66-26-34-22-33-17-11-12-18-35(33)68-27(34)2)21-36(46(31)75-53-44(61)43(60)40(57)28(3)69-53)71-54-49(74-51(65)32-15-9-6-10-16-32)48(42(59)39(24-56)73-54)70-37(50(63)64)20-29-13-7-5-8-14-29/h6,9-12,15-18,22,28-31,36-49,52-62H,2,4-5,7-8,13-14,19-21,23-26H2,1,3H3,(H,63,64)/t28?,30?,31?,36-,37+,38?,39+,40-,41-,42+,43+,44?,45?,46-,47?,48?,49?,52+,53+,54-/m1/s1. The highest BCUT2D eigenvalue weighted by molar-refractivity contribution is 5.89. The summed E-state index contributed by atoms with van der Waals surface area (Å²) in [4.78, 5) is 26.9. The van der Waals surface area contributed by atoms with Crippen LogP contribution in [0.25, 0.3) is 6.08 Å². The lowest BCUT2D eigenvalue weighted by atomic mass is 9.76. The smallest absolute Gasteiger partial charge is 0.338 e. The van der Waals surface area contributed by atoms with Crippen LogP contribution in [-0.2, 0) is 47.4 Å². The Morgan fingerprint density at radius 2 is 1.39 bits per heavy atom. The van der Waals surface area contributed by atoms with E-state index >= 15 is 0 Å². The predicted molar refractivity (Wildman–Crippen MR) is 261 cm³/mol. The molecule has 5 fully saturated rings. The van der Waals surface area contributed by atoms with Gasteiger partial charge in [0, 0.05) is 11.1 Å². The van der Waals surface area contributed by atoms with Crippen LogP contribution in [0.1, 0.15) is 87.6 Å². The van der Waals surface area contributed by atoms with Crippen molar-refractivity contribution in [2.75, 3.05) is 26.4 Å². The van der Waals surface area contributed by atoms with Crippen LogP contribution in [0.3, 0.4) is 0 Å². The fourth-order valence-corrected chi connectivity index (χ4v) is 11.2. The summed E-state index contributed by atoms with van der Waals surface area (Å²) < 4.78 is 62.1. The predicted octanol–water partition coefficient (Wildman–Crippen LogP) is 1.96. The third-order valence-corrected chi connectivity index (χ3v) is 15.5. The normalized spacial score (nSPS) is 37.9. The number of carbonyl (C=O) groups excluding carboxylic acids is 1. The molecule has 4 aliphatic heterocycles. The maximum absolute atomic E-state index is 14.0. The van der Waals surface area contributed by atoms with Gasteiger partial charge in [-0.2, -0.15) is 0 Å². The van der Waals surface area contributed by atoms with Crippen molar-refractivity contribution in [1.29, 1.82) is 0 Å². The topological polar surface area (TPSA) is 309 Å². The maximum atomic E-state index is 14.0. The van der Waals surface area contributed by atoms with E-state index in [1.165, 1.54) is 19.1 Å². The van der Waals surface area contributed by atoms with Crippen molar-refractivity contribution in [2.45, 2.75) is 182 Å². The molecule has 2 aliphatic carbocycles. The molecule has 21 heteroatoms. The lowest BCUT2D eigenvalue weighted by Crippen LogP contribution is -2.64. The van der Waals surface area contributed by atoms with Crippen LogP contribution in [0.5, 0.6) is 5.75 Å². The van der Waals surface area contributed by atoms with Gasteiger partial charge >= 0.3 is 11.9 Å². The minimum absolute atomic E-state index is 0.0134. The van der Waals surface area contributed by atoms with E-state index in [0.29, 0.717) is 29.9 Å². The first-order valence-electron chi connectivity index (χ1n) is 26.2. The van der Waals surface area contributed by atoms with Gasteiger partial charge in [-0.15, -0.1) is 0 Å². The van der Waals surface area contributed by atoms with Gasteiger partial charge in [0.1, 0.15) is 72.5 Å². The number of carboxylic acid groups (broad SMARTS) is 1. The lowest BCUT2D eigenvalue weighted by molar-refractivity contribution is -0.351. The van der Waals surface area contributed by atoms with Gasteiger partial charge in [0.15, 0.2) is 31.1 Å². The number of esters is 1. The zero-order valence-corrected chi connectivity index (χ0v) is 42.2. The zero-order valence-electron chi connectivity index (χ0n) is 42.2. The number of hydrogen-bond acceptors (Lipinski definition) is 20. The quantitative estimate of drug-likeness (QED) is 0.0856. The van der Waals surface area contributed by atoms with E-state index in [-0.39, 0.29) is 37.5 Å². The van der Waals surface area contributed by atoms with Crippen LogP contribution in [0.2, 0.25) is 0 Å². The number of aliphatic hydroxyl groups excluding tert-OH is 8. The van der Waals surface area contributed by atoms with Crippen LogP contribution >= 0.6 is 0 Å². The average molecular weight is 1060 g/mol. The molecule has 6 aliphatic rings. The molecule has 2 aromatic carbocycles. The van der Waals surface area contributed by atoms with Crippen LogP contribution < -0.4 is 4.74 Å². The molecule has 0 amide bonds. The molecule has 4 heterocycles. The molecule has 9 N–H and O–H groups in total. The van der Waals surface area contributed by atoms with Gasteiger partial charge in [-0.05, 0) is 68.2 Å². The Hall–Kier alpha value is -3.98. The highest BCUT2D eigenvalue weighted by Crippen LogP contribution is 2.41. The first kappa shape index (κ1) is 57.2. The van der Waals surface area contributed by atoms with Crippen molar-refractivity contribution in [3.63, 3.8) is 0 Å². The highest BCUT2D eigenvalue weighted by atomic mass is 16.8. The largest absolute Gasteiger partial charge is 0.479 e.